The first-order chi connectivity index (χ1) is 33.5. The maximum Gasteiger partial charge on any atom is 0.437 e. The lowest BCUT2D eigenvalue weighted by atomic mass is 10.2. The van der Waals surface area contributed by atoms with E-state index in [1.165, 1.54) is 84.6 Å². The maximum absolute atomic E-state index is 14.2. The summed E-state index contributed by atoms with van der Waals surface area (Å²) in [5.41, 5.74) is 1.85. The second-order valence-electron chi connectivity index (χ2n) is 15.9. The van der Waals surface area contributed by atoms with Gasteiger partial charge in [-0.2, -0.15) is 11.8 Å². The summed E-state index contributed by atoms with van der Waals surface area (Å²) in [5.74, 6) is -0.201. The molecule has 2 aliphatic rings. The first-order valence-electron chi connectivity index (χ1n) is 21.5. The van der Waals surface area contributed by atoms with Gasteiger partial charge < -0.3 is 34.5 Å². The zero-order valence-electron chi connectivity index (χ0n) is 37.6. The van der Waals surface area contributed by atoms with Gasteiger partial charge in [0.25, 0.3) is 17.1 Å². The summed E-state index contributed by atoms with van der Waals surface area (Å²) in [4.78, 5) is 105. The number of nitrogens with one attached hydrogen (secondary N) is 3. The van der Waals surface area contributed by atoms with Gasteiger partial charge in [0.15, 0.2) is 0 Å². The Morgan fingerprint density at radius 3 is 1.77 bits per heavy atom. The van der Waals surface area contributed by atoms with E-state index in [2.05, 4.69) is 20.9 Å². The number of amides is 5. The van der Waals surface area contributed by atoms with Gasteiger partial charge in [-0.15, -0.1) is 4.99 Å². The normalized spacial score (nSPS) is 16.9. The summed E-state index contributed by atoms with van der Waals surface area (Å²) < 4.78 is 21.2. The molecule has 0 aliphatic carbocycles. The molecular formula is C45H47N9O15S. The van der Waals surface area contributed by atoms with E-state index in [-0.39, 0.29) is 67.7 Å². The number of nitro groups is 3. The van der Waals surface area contributed by atoms with E-state index < -0.39 is 63.0 Å². The van der Waals surface area contributed by atoms with Crippen LogP contribution in [0.3, 0.4) is 0 Å². The van der Waals surface area contributed by atoms with Crippen LogP contribution in [0.2, 0.25) is 0 Å². The zero-order chi connectivity index (χ0) is 50.3. The molecule has 0 saturated carbocycles. The highest BCUT2D eigenvalue weighted by atomic mass is 32.2. The smallest absolute Gasteiger partial charge is 0.437 e. The average molecular weight is 986 g/mol. The Kier molecular flexibility index (Phi) is 17.6. The van der Waals surface area contributed by atoms with Crippen molar-refractivity contribution in [3.05, 3.63) is 150 Å². The predicted molar refractivity (Wildman–Crippen MR) is 249 cm³/mol. The van der Waals surface area contributed by atoms with Crippen molar-refractivity contribution in [2.45, 2.75) is 68.7 Å². The van der Waals surface area contributed by atoms with Crippen molar-refractivity contribution in [2.75, 3.05) is 26.7 Å². The number of aliphatic imine (C=N–C) groups is 1. The van der Waals surface area contributed by atoms with E-state index in [0.717, 1.165) is 5.56 Å². The third-order valence-corrected chi connectivity index (χ3v) is 12.3. The molecule has 0 aromatic heterocycles. The number of alkyl carbamates (subject to hydrolysis) is 1. The Hall–Kier alpha value is -8.35. The number of non-ortho nitro benzene ring substituents is 3. The van der Waals surface area contributed by atoms with Gasteiger partial charge in [-0.25, -0.2) is 14.4 Å². The van der Waals surface area contributed by atoms with E-state index in [1.54, 1.807) is 23.8 Å². The van der Waals surface area contributed by atoms with E-state index in [0.29, 0.717) is 41.0 Å². The topological polar surface area (TPSA) is 307 Å². The quantitative estimate of drug-likeness (QED) is 0.0373. The van der Waals surface area contributed by atoms with Crippen LogP contribution < -0.4 is 20.7 Å². The standard InChI is InChI=1S/C45H47N9O15S/c1-28(46-42(48-43(57)67-24-29-3-11-34(12-4-29)52(60)61)49-44(58)68-25-30-5-13-35(14-6-30)53(62)63)40(55)47-33-19-20-50(22-33)41(56)39-21-38(70-27-32-9-17-37(66-2)18-10-32)23-51(39)45(59)69-26-31-7-15-36(16-8-31)54(64)65/h3-18,28,33,38-39H,19-27H2,1-2H3,(H,47,55)(H2,46,48,49,57,58)/t28-,33+,38+,39+/m1/s1. The van der Waals surface area contributed by atoms with Crippen LogP contribution in [0.4, 0.5) is 31.4 Å². The Morgan fingerprint density at radius 2 is 1.24 bits per heavy atom. The minimum atomic E-state index is -1.22. The number of methoxy groups -OCH3 is 1. The molecular weight excluding hydrogens is 939 g/mol. The largest absolute Gasteiger partial charge is 0.497 e. The highest BCUT2D eigenvalue weighted by molar-refractivity contribution is 7.99. The van der Waals surface area contributed by atoms with Crippen molar-refractivity contribution in [1.29, 1.82) is 0 Å². The number of rotatable bonds is 17. The van der Waals surface area contributed by atoms with Crippen molar-refractivity contribution >= 4 is 64.9 Å². The van der Waals surface area contributed by atoms with Gasteiger partial charge in [0.05, 0.1) is 21.9 Å². The second kappa shape index (κ2) is 24.1. The fraction of sp³-hybridized carbons (Fsp3) is 0.333. The summed E-state index contributed by atoms with van der Waals surface area (Å²) >= 11 is 1.58. The average Bonchev–Trinajstić information content (AvgIpc) is 4.02. The number of benzene rings is 4. The number of likely N-dealkylation sites (tertiary alicyclic amines) is 2. The summed E-state index contributed by atoms with van der Waals surface area (Å²) in [7, 11) is 1.57. The third kappa shape index (κ3) is 14.6. The highest BCUT2D eigenvalue weighted by Crippen LogP contribution is 2.33. The van der Waals surface area contributed by atoms with E-state index in [1.807, 2.05) is 24.3 Å². The molecule has 2 aliphatic heterocycles. The lowest BCUT2D eigenvalue weighted by molar-refractivity contribution is -0.385. The number of thioether (sulfide) groups is 1. The minimum Gasteiger partial charge on any atom is -0.497 e. The van der Waals surface area contributed by atoms with Crippen LogP contribution in [0.15, 0.2) is 102 Å². The molecule has 70 heavy (non-hydrogen) atoms. The van der Waals surface area contributed by atoms with Crippen molar-refractivity contribution in [2.24, 2.45) is 4.99 Å². The zero-order valence-corrected chi connectivity index (χ0v) is 38.4. The van der Waals surface area contributed by atoms with Crippen molar-refractivity contribution in [3.8, 4) is 5.75 Å². The number of carbonyl (C=O) groups excluding carboxylic acids is 5. The van der Waals surface area contributed by atoms with Gasteiger partial charge in [-0.3, -0.25) is 50.1 Å². The molecule has 4 aromatic rings. The molecule has 4 aromatic carbocycles. The number of hydrogen-bond acceptors (Lipinski definition) is 16. The highest BCUT2D eigenvalue weighted by Gasteiger charge is 2.44. The summed E-state index contributed by atoms with van der Waals surface area (Å²) in [6, 6.07) is 20.9. The fourth-order valence-electron chi connectivity index (χ4n) is 7.19. The van der Waals surface area contributed by atoms with Gasteiger partial charge in [0.2, 0.25) is 17.8 Å². The van der Waals surface area contributed by atoms with Crippen LogP contribution in [-0.4, -0.2) is 111 Å². The number of carbonyl (C=O) groups is 5. The number of nitrogens with zero attached hydrogens (tertiary/aromatic N) is 6. The van der Waals surface area contributed by atoms with Crippen LogP contribution >= 0.6 is 11.8 Å². The van der Waals surface area contributed by atoms with Gasteiger partial charge >= 0.3 is 18.3 Å². The lowest BCUT2D eigenvalue weighted by Gasteiger charge is -2.27. The Bertz CT molecular complexity index is 2580. The third-order valence-electron chi connectivity index (χ3n) is 11.0. The predicted octanol–water partition coefficient (Wildman–Crippen LogP) is 5.75. The summed E-state index contributed by atoms with van der Waals surface area (Å²) in [6.07, 6.45) is -2.40. The SMILES string of the molecule is COc1ccc(CS[C@H]2C[C@@H](C(=O)N3CC[C@H](NC(=O)[C@@H](C)N/C(=N\C(=O)OCc4ccc([N+](=O)[O-])cc4)NC(=O)OCc4ccc([N+](=O)[O-])cc4)C3)N(C(=O)OCc3ccc([N+](=O)[O-])cc3)C2)cc1. The molecule has 2 fully saturated rings. The maximum atomic E-state index is 14.2. The summed E-state index contributed by atoms with van der Waals surface area (Å²) in [5, 5.41) is 40.7. The van der Waals surface area contributed by atoms with Gasteiger partial charge in [-0.05, 0) is 90.6 Å². The first-order valence-corrected chi connectivity index (χ1v) is 22.5. The van der Waals surface area contributed by atoms with Crippen molar-refractivity contribution in [3.63, 3.8) is 0 Å². The number of hydrogen-bond donors (Lipinski definition) is 3. The molecule has 3 N–H and O–H groups in total. The monoisotopic (exact) mass is 985 g/mol. The molecule has 368 valence electrons. The van der Waals surface area contributed by atoms with Crippen LogP contribution in [0, 0.1) is 30.3 Å². The van der Waals surface area contributed by atoms with Gasteiger partial charge in [0, 0.05) is 73.1 Å². The number of ether oxygens (including phenoxy) is 4. The van der Waals surface area contributed by atoms with E-state index in [9.17, 15) is 54.3 Å². The van der Waals surface area contributed by atoms with Crippen LogP contribution in [-0.2, 0) is 49.4 Å². The van der Waals surface area contributed by atoms with Crippen LogP contribution in [0.5, 0.6) is 5.75 Å². The number of guanidine groups is 1. The van der Waals surface area contributed by atoms with Crippen molar-refractivity contribution < 1.29 is 57.7 Å². The molecule has 0 radical (unpaired) electrons. The first kappa shape index (κ1) is 51.0. The molecule has 4 atom stereocenters. The van der Waals surface area contributed by atoms with E-state index >= 15 is 0 Å². The molecule has 0 unspecified atom stereocenters. The Balaban J connectivity index is 1.07. The van der Waals surface area contributed by atoms with Crippen LogP contribution in [0.25, 0.3) is 0 Å². The molecule has 24 nitrogen and oxygen atoms in total. The molecule has 6 rings (SSSR count). The van der Waals surface area contributed by atoms with Crippen LogP contribution in [0.1, 0.15) is 42.0 Å². The minimum absolute atomic E-state index is 0.0896. The molecule has 2 heterocycles. The fourth-order valence-corrected chi connectivity index (χ4v) is 8.40. The summed E-state index contributed by atoms with van der Waals surface area (Å²) in [6.45, 7) is 1.09. The second-order valence-corrected chi connectivity index (χ2v) is 17.2. The van der Waals surface area contributed by atoms with Gasteiger partial charge in [0.1, 0.15) is 37.7 Å². The lowest BCUT2D eigenvalue weighted by Crippen LogP contribution is -2.53. The Morgan fingerprint density at radius 1 is 0.729 bits per heavy atom. The van der Waals surface area contributed by atoms with Crippen molar-refractivity contribution in [1.82, 2.24) is 25.8 Å². The van der Waals surface area contributed by atoms with Gasteiger partial charge in [-0.1, -0.05) is 12.1 Å². The van der Waals surface area contributed by atoms with E-state index in [4.69, 9.17) is 18.9 Å². The molecule has 0 bridgehead atoms. The Labute approximate surface area is 403 Å². The molecule has 25 heteroatoms. The number of nitro benzene ring substituents is 3. The molecule has 5 amide bonds. The molecule has 2 saturated heterocycles. The molecule has 0 spiro atoms.